The third kappa shape index (κ3) is 4.22. The molecule has 1 aromatic carbocycles. The molecule has 1 heterocycles. The molecule has 0 radical (unpaired) electrons. The van der Waals surface area contributed by atoms with Gasteiger partial charge in [-0.2, -0.15) is 5.26 Å². The first-order valence-electron chi connectivity index (χ1n) is 8.61. The lowest BCUT2D eigenvalue weighted by Gasteiger charge is -2.25. The molecule has 0 atom stereocenters. The summed E-state index contributed by atoms with van der Waals surface area (Å²) in [7, 11) is 0. The van der Waals surface area contributed by atoms with E-state index >= 15 is 0 Å². The van der Waals surface area contributed by atoms with Crippen molar-refractivity contribution in [1.82, 2.24) is 4.90 Å². The second-order valence-corrected chi connectivity index (χ2v) is 5.88. The molecule has 0 aliphatic carbocycles. The third-order valence-corrected chi connectivity index (χ3v) is 4.26. The van der Waals surface area contributed by atoms with Crippen LogP contribution in [-0.4, -0.2) is 65.5 Å². The normalized spacial score (nSPS) is 16.1. The Kier molecular flexibility index (Phi) is 6.82. The molecule has 0 unspecified atom stereocenters. The lowest BCUT2D eigenvalue weighted by atomic mass is 9.99. The SMILES string of the molecule is CCN1C(=O)C(=Nc2ccc(N(CCO)CCO)cc2)C(C)=C(C#N)C1=O. The van der Waals surface area contributed by atoms with Crippen molar-refractivity contribution in [3.8, 4) is 6.07 Å². The van der Waals surface area contributed by atoms with E-state index in [1.54, 1.807) is 38.1 Å². The van der Waals surface area contributed by atoms with Gasteiger partial charge in [-0.25, -0.2) is 4.99 Å². The number of nitriles is 1. The molecule has 1 aromatic rings. The van der Waals surface area contributed by atoms with E-state index in [-0.39, 0.29) is 36.6 Å². The predicted octanol–water partition coefficient (Wildman–Crippen LogP) is 0.779. The van der Waals surface area contributed by atoms with Crippen molar-refractivity contribution in [2.24, 2.45) is 4.99 Å². The van der Waals surface area contributed by atoms with Gasteiger partial charge < -0.3 is 15.1 Å². The maximum atomic E-state index is 12.6. The number of likely N-dealkylation sites (N-methyl/N-ethyl adjacent to an activating group) is 1. The van der Waals surface area contributed by atoms with Crippen LogP contribution in [0.4, 0.5) is 11.4 Å². The van der Waals surface area contributed by atoms with E-state index in [0.29, 0.717) is 18.8 Å². The first-order chi connectivity index (χ1) is 13.0. The summed E-state index contributed by atoms with van der Waals surface area (Å²) in [5.41, 5.74) is 1.56. The highest BCUT2D eigenvalue weighted by Gasteiger charge is 2.35. The Morgan fingerprint density at radius 3 is 2.19 bits per heavy atom. The van der Waals surface area contributed by atoms with E-state index in [1.165, 1.54) is 0 Å². The Balaban J connectivity index is 2.39. The maximum absolute atomic E-state index is 12.6. The average molecular weight is 370 g/mol. The fraction of sp³-hybridized carbons (Fsp3) is 0.368. The van der Waals surface area contributed by atoms with Crippen LogP contribution >= 0.6 is 0 Å². The summed E-state index contributed by atoms with van der Waals surface area (Å²) in [6.45, 7) is 4.04. The number of benzene rings is 1. The smallest absolute Gasteiger partial charge is 0.279 e. The van der Waals surface area contributed by atoms with Gasteiger partial charge in [0.15, 0.2) is 0 Å². The van der Waals surface area contributed by atoms with Crippen LogP contribution in [0.1, 0.15) is 13.8 Å². The van der Waals surface area contributed by atoms with Gasteiger partial charge in [0, 0.05) is 30.9 Å². The molecule has 2 amide bonds. The van der Waals surface area contributed by atoms with E-state index in [1.807, 2.05) is 11.0 Å². The quantitative estimate of drug-likeness (QED) is 0.685. The number of hydrogen-bond donors (Lipinski definition) is 2. The summed E-state index contributed by atoms with van der Waals surface area (Å²) in [4.78, 5) is 31.9. The number of aliphatic hydroxyl groups is 2. The van der Waals surface area contributed by atoms with Gasteiger partial charge in [-0.1, -0.05) is 0 Å². The van der Waals surface area contributed by atoms with Crippen molar-refractivity contribution in [1.29, 1.82) is 5.26 Å². The minimum absolute atomic E-state index is 0.0413. The van der Waals surface area contributed by atoms with Crippen LogP contribution in [0, 0.1) is 11.3 Å². The molecule has 2 rings (SSSR count). The fourth-order valence-corrected chi connectivity index (χ4v) is 2.82. The summed E-state index contributed by atoms with van der Waals surface area (Å²) in [5, 5.41) is 27.5. The molecule has 1 aliphatic heterocycles. The topological polar surface area (TPSA) is 117 Å². The van der Waals surface area contributed by atoms with Crippen molar-refractivity contribution >= 4 is 28.9 Å². The van der Waals surface area contributed by atoms with E-state index < -0.39 is 11.8 Å². The summed E-state index contributed by atoms with van der Waals surface area (Å²) >= 11 is 0. The molecule has 142 valence electrons. The Hall–Kier alpha value is -3.02. The van der Waals surface area contributed by atoms with Crippen LogP contribution in [0.5, 0.6) is 0 Å². The molecule has 1 aliphatic rings. The zero-order chi connectivity index (χ0) is 20.0. The zero-order valence-electron chi connectivity index (χ0n) is 15.3. The van der Waals surface area contributed by atoms with Crippen LogP contribution in [0.2, 0.25) is 0 Å². The number of aliphatic imine (C=N–C) groups is 1. The second kappa shape index (κ2) is 9.07. The molecular weight excluding hydrogens is 348 g/mol. The molecule has 0 fully saturated rings. The van der Waals surface area contributed by atoms with Gasteiger partial charge in [0.2, 0.25) is 0 Å². The fourth-order valence-electron chi connectivity index (χ4n) is 2.82. The van der Waals surface area contributed by atoms with Gasteiger partial charge in [0.25, 0.3) is 11.8 Å². The molecular formula is C19H22N4O4. The third-order valence-electron chi connectivity index (χ3n) is 4.26. The molecule has 8 heteroatoms. The van der Waals surface area contributed by atoms with Crippen LogP contribution in [-0.2, 0) is 9.59 Å². The molecule has 0 saturated heterocycles. The Bertz CT molecular complexity index is 815. The Labute approximate surface area is 157 Å². The Morgan fingerprint density at radius 1 is 1.11 bits per heavy atom. The van der Waals surface area contributed by atoms with Crippen LogP contribution < -0.4 is 4.90 Å². The molecule has 2 N–H and O–H groups in total. The number of carbonyl (C=O) groups is 2. The van der Waals surface area contributed by atoms with Gasteiger partial charge in [0.05, 0.1) is 18.9 Å². The van der Waals surface area contributed by atoms with E-state index in [2.05, 4.69) is 4.99 Å². The van der Waals surface area contributed by atoms with E-state index in [4.69, 9.17) is 10.2 Å². The summed E-state index contributed by atoms with van der Waals surface area (Å²) in [6.07, 6.45) is 0. The number of nitrogens with zero attached hydrogens (tertiary/aromatic N) is 4. The van der Waals surface area contributed by atoms with Crippen molar-refractivity contribution in [3.05, 3.63) is 35.4 Å². The number of carbonyl (C=O) groups excluding carboxylic acids is 2. The zero-order valence-corrected chi connectivity index (χ0v) is 15.3. The first kappa shape index (κ1) is 20.3. The average Bonchev–Trinajstić information content (AvgIpc) is 2.66. The number of amides is 2. The highest BCUT2D eigenvalue weighted by molar-refractivity contribution is 6.51. The van der Waals surface area contributed by atoms with Gasteiger partial charge in [-0.15, -0.1) is 0 Å². The first-order valence-corrected chi connectivity index (χ1v) is 8.61. The minimum Gasteiger partial charge on any atom is -0.395 e. The molecule has 0 aromatic heterocycles. The number of imide groups is 1. The monoisotopic (exact) mass is 370 g/mol. The lowest BCUT2D eigenvalue weighted by Crippen LogP contribution is -2.46. The lowest BCUT2D eigenvalue weighted by molar-refractivity contribution is -0.138. The van der Waals surface area contributed by atoms with E-state index in [9.17, 15) is 14.9 Å². The molecule has 0 spiro atoms. The summed E-state index contributed by atoms with van der Waals surface area (Å²) in [5.74, 6) is -1.12. The van der Waals surface area contributed by atoms with Gasteiger partial charge in [-0.3, -0.25) is 14.5 Å². The molecule has 27 heavy (non-hydrogen) atoms. The number of anilines is 1. The van der Waals surface area contributed by atoms with Crippen molar-refractivity contribution in [3.63, 3.8) is 0 Å². The van der Waals surface area contributed by atoms with Crippen molar-refractivity contribution < 1.29 is 19.8 Å². The van der Waals surface area contributed by atoms with Gasteiger partial charge in [-0.05, 0) is 38.1 Å². The van der Waals surface area contributed by atoms with Gasteiger partial charge in [0.1, 0.15) is 17.4 Å². The van der Waals surface area contributed by atoms with Crippen LogP contribution in [0.25, 0.3) is 0 Å². The minimum atomic E-state index is -0.597. The van der Waals surface area contributed by atoms with Crippen molar-refractivity contribution in [2.45, 2.75) is 13.8 Å². The standard InChI is InChI=1S/C19H22N4O4/c1-3-23-18(26)16(12-20)13(2)17(19(23)27)21-14-4-6-15(7-5-14)22(8-10-24)9-11-25/h4-7,24-25H,3,8-11H2,1-2H3. The molecule has 0 saturated carbocycles. The van der Waals surface area contributed by atoms with Crippen molar-refractivity contribution in [2.75, 3.05) is 37.7 Å². The van der Waals surface area contributed by atoms with Crippen LogP contribution in [0.15, 0.2) is 40.4 Å². The highest BCUT2D eigenvalue weighted by Crippen LogP contribution is 2.24. The second-order valence-electron chi connectivity index (χ2n) is 5.88. The molecule has 0 bridgehead atoms. The van der Waals surface area contributed by atoms with Crippen LogP contribution in [0.3, 0.4) is 0 Å². The summed E-state index contributed by atoms with van der Waals surface area (Å²) < 4.78 is 0. The molecule has 8 nitrogen and oxygen atoms in total. The highest BCUT2D eigenvalue weighted by atomic mass is 16.3. The predicted molar refractivity (Wildman–Crippen MR) is 101 cm³/mol. The van der Waals surface area contributed by atoms with E-state index in [0.717, 1.165) is 10.6 Å². The Morgan fingerprint density at radius 2 is 1.70 bits per heavy atom. The summed E-state index contributed by atoms with van der Waals surface area (Å²) in [6, 6.07) is 8.79. The number of hydrogen-bond acceptors (Lipinski definition) is 7. The largest absolute Gasteiger partial charge is 0.395 e. The maximum Gasteiger partial charge on any atom is 0.279 e. The number of rotatable bonds is 7. The number of aliphatic hydroxyl groups excluding tert-OH is 2. The van der Waals surface area contributed by atoms with Gasteiger partial charge >= 0.3 is 0 Å².